The van der Waals surface area contributed by atoms with E-state index in [1.165, 1.54) is 6.42 Å². The molecule has 5 nitrogen and oxygen atoms in total. The number of aliphatic hydroxyl groups excluding tert-OH is 1. The van der Waals surface area contributed by atoms with Gasteiger partial charge in [0.15, 0.2) is 8.32 Å². The van der Waals surface area contributed by atoms with Crippen molar-refractivity contribution in [1.82, 2.24) is 4.90 Å². The Morgan fingerprint density at radius 2 is 1.76 bits per heavy atom. The van der Waals surface area contributed by atoms with Gasteiger partial charge >= 0.3 is 5.97 Å². The van der Waals surface area contributed by atoms with Gasteiger partial charge in [-0.25, -0.2) is 0 Å². The average molecular weight is 482 g/mol. The van der Waals surface area contributed by atoms with Gasteiger partial charge < -0.3 is 14.3 Å². The average Bonchev–Trinajstić information content (AvgIpc) is 3.16. The Balaban J connectivity index is 1.95. The van der Waals surface area contributed by atoms with Gasteiger partial charge in [-0.1, -0.05) is 27.7 Å². The van der Waals surface area contributed by atoms with E-state index in [0.29, 0.717) is 18.6 Å². The van der Waals surface area contributed by atoms with E-state index in [1.807, 2.05) is 20.8 Å². The highest BCUT2D eigenvalue weighted by molar-refractivity contribution is 6.74. The Morgan fingerprint density at radius 1 is 1.12 bits per heavy atom. The molecule has 33 heavy (non-hydrogen) atoms. The minimum Gasteiger partial charge on any atom is -0.465 e. The fraction of sp³-hybridized carbons (Fsp3) is 0.963. The van der Waals surface area contributed by atoms with Crippen LogP contribution in [0, 0.1) is 22.7 Å². The van der Waals surface area contributed by atoms with E-state index in [9.17, 15) is 9.90 Å². The number of hydrogen-bond acceptors (Lipinski definition) is 5. The molecule has 0 aromatic rings. The van der Waals surface area contributed by atoms with Gasteiger partial charge in [0, 0.05) is 11.5 Å². The second-order valence-electron chi connectivity index (χ2n) is 13.8. The molecule has 0 aromatic carbocycles. The van der Waals surface area contributed by atoms with E-state index < -0.39 is 13.7 Å². The highest BCUT2D eigenvalue weighted by Gasteiger charge is 2.61. The summed E-state index contributed by atoms with van der Waals surface area (Å²) in [5.41, 5.74) is -0.663. The van der Waals surface area contributed by atoms with E-state index in [2.05, 4.69) is 45.7 Å². The van der Waals surface area contributed by atoms with Crippen molar-refractivity contribution in [2.75, 3.05) is 19.7 Å². The lowest BCUT2D eigenvalue weighted by Gasteiger charge is -2.61. The minimum atomic E-state index is -2.01. The molecule has 0 amide bonds. The van der Waals surface area contributed by atoms with Crippen LogP contribution in [-0.2, 0) is 14.0 Å². The number of carbonyl (C=O) groups is 1. The molecule has 0 aromatic heterocycles. The molecule has 0 bridgehead atoms. The van der Waals surface area contributed by atoms with Gasteiger partial charge in [0.1, 0.15) is 0 Å². The van der Waals surface area contributed by atoms with Gasteiger partial charge in [0.05, 0.1) is 24.2 Å². The first-order chi connectivity index (χ1) is 15.1. The molecule has 2 heterocycles. The Kier molecular flexibility index (Phi) is 7.86. The van der Waals surface area contributed by atoms with Crippen LogP contribution in [0.25, 0.3) is 0 Å². The molecule has 2 saturated heterocycles. The normalized spacial score (nSPS) is 36.1. The zero-order valence-corrected chi connectivity index (χ0v) is 23.9. The maximum atomic E-state index is 12.5. The van der Waals surface area contributed by atoms with Crippen LogP contribution >= 0.6 is 0 Å². The van der Waals surface area contributed by atoms with Gasteiger partial charge in [0.25, 0.3) is 0 Å². The Labute approximate surface area is 204 Å². The second kappa shape index (κ2) is 9.55. The van der Waals surface area contributed by atoms with Crippen molar-refractivity contribution >= 4 is 14.3 Å². The summed E-state index contributed by atoms with van der Waals surface area (Å²) in [4.78, 5) is 15.2. The summed E-state index contributed by atoms with van der Waals surface area (Å²) < 4.78 is 13.0. The molecule has 3 rings (SSSR count). The van der Waals surface area contributed by atoms with Crippen LogP contribution in [0.15, 0.2) is 0 Å². The van der Waals surface area contributed by atoms with Crippen molar-refractivity contribution in [1.29, 1.82) is 0 Å². The molecule has 1 saturated carbocycles. The highest BCUT2D eigenvalue weighted by Crippen LogP contribution is 2.57. The quantitative estimate of drug-likeness (QED) is 0.408. The zero-order chi connectivity index (χ0) is 24.8. The summed E-state index contributed by atoms with van der Waals surface area (Å²) in [7, 11) is -2.01. The first-order valence-corrected chi connectivity index (χ1v) is 16.3. The largest absolute Gasteiger partial charge is 0.465 e. The number of nitrogens with zero attached hydrogens (tertiary/aromatic N) is 1. The SMILES string of the molecule is C[C@H]1C[C@H](O)[C@]2(CCCN3CCC[C@@H]32)[C@H](CCOC(=O)C(C)(C)C)[C@H]1O[Si](C)(C)C(C)(C)C. The van der Waals surface area contributed by atoms with Gasteiger partial charge in [-0.3, -0.25) is 9.69 Å². The smallest absolute Gasteiger partial charge is 0.311 e. The van der Waals surface area contributed by atoms with Crippen LogP contribution in [0.3, 0.4) is 0 Å². The summed E-state index contributed by atoms with van der Waals surface area (Å²) in [6.07, 6.45) is 5.92. The number of aliphatic hydroxyl groups is 1. The number of piperidine rings is 1. The Hall–Kier alpha value is -0.433. The third kappa shape index (κ3) is 5.24. The van der Waals surface area contributed by atoms with Crippen molar-refractivity contribution in [3.8, 4) is 0 Å². The monoisotopic (exact) mass is 481 g/mol. The summed E-state index contributed by atoms with van der Waals surface area (Å²) in [6.45, 7) is 22.3. The summed E-state index contributed by atoms with van der Waals surface area (Å²) in [5, 5.41) is 11.8. The maximum Gasteiger partial charge on any atom is 0.311 e. The molecule has 1 N–H and O–H groups in total. The summed E-state index contributed by atoms with van der Waals surface area (Å²) in [5.74, 6) is 0.345. The number of ether oxygens (including phenoxy) is 1. The lowest BCUT2D eigenvalue weighted by atomic mass is 9.53. The standard InChI is InChI=1S/C27H51NO4Si/c1-19-18-22(29)27(14-11-16-28-15-10-12-21(27)28)20(13-17-31-24(30)25(2,3)4)23(19)32-33(8,9)26(5,6)7/h19-23,29H,10-18H2,1-9H3/t19-,20+,21+,22-,23-,27+/m0/s1. The van der Waals surface area contributed by atoms with Crippen LogP contribution in [0.5, 0.6) is 0 Å². The molecule has 1 spiro atoms. The molecule has 0 radical (unpaired) electrons. The molecular formula is C27H51NO4Si. The van der Waals surface area contributed by atoms with E-state index in [0.717, 1.165) is 45.2 Å². The van der Waals surface area contributed by atoms with Crippen LogP contribution in [0.1, 0.15) is 87.0 Å². The predicted molar refractivity (Wildman–Crippen MR) is 137 cm³/mol. The molecule has 2 aliphatic heterocycles. The Bertz CT molecular complexity index is 697. The van der Waals surface area contributed by atoms with Crippen molar-refractivity contribution in [3.05, 3.63) is 0 Å². The van der Waals surface area contributed by atoms with Crippen LogP contribution in [0.2, 0.25) is 18.1 Å². The van der Waals surface area contributed by atoms with E-state index in [1.54, 1.807) is 0 Å². The van der Waals surface area contributed by atoms with Crippen molar-refractivity contribution in [3.63, 3.8) is 0 Å². The molecule has 1 aliphatic carbocycles. The van der Waals surface area contributed by atoms with E-state index in [-0.39, 0.29) is 34.5 Å². The van der Waals surface area contributed by atoms with Crippen molar-refractivity contribution < 1.29 is 19.1 Å². The lowest BCUT2D eigenvalue weighted by molar-refractivity contribution is -0.182. The van der Waals surface area contributed by atoms with E-state index >= 15 is 0 Å². The van der Waals surface area contributed by atoms with Crippen LogP contribution in [-0.4, -0.2) is 62.2 Å². The second-order valence-corrected chi connectivity index (χ2v) is 18.5. The third-order valence-corrected chi connectivity index (χ3v) is 13.9. The zero-order valence-electron chi connectivity index (χ0n) is 22.9. The van der Waals surface area contributed by atoms with Crippen molar-refractivity contribution in [2.45, 2.75) is 123 Å². The summed E-state index contributed by atoms with van der Waals surface area (Å²) in [6, 6.07) is 0.419. The van der Waals surface area contributed by atoms with Gasteiger partial charge in [0.2, 0.25) is 0 Å². The fourth-order valence-corrected chi connectivity index (χ4v) is 8.01. The minimum absolute atomic E-state index is 0.100. The molecule has 3 aliphatic rings. The maximum absolute atomic E-state index is 12.5. The van der Waals surface area contributed by atoms with Crippen molar-refractivity contribution in [2.24, 2.45) is 22.7 Å². The van der Waals surface area contributed by atoms with Gasteiger partial charge in [-0.2, -0.15) is 0 Å². The fourth-order valence-electron chi connectivity index (χ4n) is 6.58. The van der Waals surface area contributed by atoms with Gasteiger partial charge in [-0.05, 0) is 102 Å². The number of rotatable bonds is 5. The molecule has 6 heteroatoms. The first-order valence-electron chi connectivity index (χ1n) is 13.4. The Morgan fingerprint density at radius 3 is 2.36 bits per heavy atom. The molecule has 0 unspecified atom stereocenters. The number of fused-ring (bicyclic) bond motifs is 2. The first kappa shape index (κ1) is 27.2. The topological polar surface area (TPSA) is 59.0 Å². The summed E-state index contributed by atoms with van der Waals surface area (Å²) >= 11 is 0. The van der Waals surface area contributed by atoms with Crippen LogP contribution in [0.4, 0.5) is 0 Å². The van der Waals surface area contributed by atoms with Gasteiger partial charge in [-0.15, -0.1) is 0 Å². The lowest BCUT2D eigenvalue weighted by Crippen LogP contribution is -2.66. The molecule has 3 fully saturated rings. The van der Waals surface area contributed by atoms with Crippen LogP contribution < -0.4 is 0 Å². The molecule has 6 atom stereocenters. The number of carbonyl (C=O) groups excluding carboxylic acids is 1. The number of esters is 1. The van der Waals surface area contributed by atoms with E-state index in [4.69, 9.17) is 9.16 Å². The predicted octanol–water partition coefficient (Wildman–Crippen LogP) is 5.62. The molecule has 192 valence electrons. The highest BCUT2D eigenvalue weighted by atomic mass is 28.4. The number of hydrogen-bond donors (Lipinski definition) is 1. The third-order valence-electron chi connectivity index (χ3n) is 9.41. The molecular weight excluding hydrogens is 430 g/mol.